The third kappa shape index (κ3) is 5.10. The summed E-state index contributed by atoms with van der Waals surface area (Å²) in [6.07, 6.45) is 7.74. The molecule has 2 aromatic heterocycles. The number of amides is 1. The van der Waals surface area contributed by atoms with Crippen LogP contribution in [0.1, 0.15) is 29.6 Å². The van der Waals surface area contributed by atoms with Gasteiger partial charge in [0, 0.05) is 25.5 Å². The Morgan fingerprint density at radius 1 is 1.21 bits per heavy atom. The molecule has 3 N–H and O–H groups in total. The number of likely N-dealkylation sites (tertiary alicyclic amines) is 1. The lowest BCUT2D eigenvalue weighted by atomic mass is 10.1. The fourth-order valence-corrected chi connectivity index (χ4v) is 2.97. The summed E-state index contributed by atoms with van der Waals surface area (Å²) in [5.74, 6) is -0.478. The summed E-state index contributed by atoms with van der Waals surface area (Å²) in [6, 6.07) is 3.19. The van der Waals surface area contributed by atoms with Crippen molar-refractivity contribution in [3.63, 3.8) is 0 Å². The number of hydrogen-bond donors (Lipinski definition) is 3. The Balaban J connectivity index is 1.63. The zero-order chi connectivity index (χ0) is 19.8. The fraction of sp³-hybridized carbons (Fsp3) is 0.412. The van der Waals surface area contributed by atoms with Gasteiger partial charge in [-0.15, -0.1) is 0 Å². The molecule has 11 heteroatoms. The molecule has 0 unspecified atom stereocenters. The average Bonchev–Trinajstić information content (AvgIpc) is 2.73. The average molecular weight is 386 g/mol. The van der Waals surface area contributed by atoms with Crippen LogP contribution in [0.15, 0.2) is 30.9 Å². The lowest BCUT2D eigenvalue weighted by Crippen LogP contribution is -2.34. The van der Waals surface area contributed by atoms with Crippen molar-refractivity contribution in [1.82, 2.24) is 25.3 Å². The smallest absolute Gasteiger partial charge is 0.354 e. The summed E-state index contributed by atoms with van der Waals surface area (Å²) in [5.41, 5.74) is 4.87. The van der Waals surface area contributed by atoms with E-state index in [0.29, 0.717) is 12.1 Å². The Bertz CT molecular complexity index is 811. The number of nitro groups is 1. The molecule has 0 spiro atoms. The molecular formula is C17H22N8O3. The summed E-state index contributed by atoms with van der Waals surface area (Å²) >= 11 is 0. The van der Waals surface area contributed by atoms with Gasteiger partial charge >= 0.3 is 5.69 Å². The van der Waals surface area contributed by atoms with Crippen LogP contribution in [0.5, 0.6) is 0 Å². The number of pyridine rings is 1. The van der Waals surface area contributed by atoms with Gasteiger partial charge in [-0.1, -0.05) is 6.42 Å². The lowest BCUT2D eigenvalue weighted by Gasteiger charge is -2.26. The Morgan fingerprint density at radius 3 is 2.71 bits per heavy atom. The van der Waals surface area contributed by atoms with Crippen molar-refractivity contribution in [2.24, 2.45) is 0 Å². The van der Waals surface area contributed by atoms with Crippen LogP contribution >= 0.6 is 0 Å². The molecule has 0 aromatic carbocycles. The second-order valence-corrected chi connectivity index (χ2v) is 6.33. The van der Waals surface area contributed by atoms with Crippen molar-refractivity contribution in [1.29, 1.82) is 0 Å². The van der Waals surface area contributed by atoms with Crippen LogP contribution in [0.4, 0.5) is 17.3 Å². The second kappa shape index (κ2) is 9.55. The minimum absolute atomic E-state index is 0.0993. The SMILES string of the molecule is O=C(NNc1ncnc(NCCN2CCCCC2)c1[N+](=O)[O-])c1cccnc1. The van der Waals surface area contributed by atoms with E-state index < -0.39 is 10.8 Å². The predicted octanol–water partition coefficient (Wildman–Crippen LogP) is 1.43. The standard InChI is InChI=1S/C17H22N8O3/c26-17(13-5-4-6-18-11-13)23-22-16-14(25(27)28)15(20-12-21-16)19-7-10-24-8-2-1-3-9-24/h4-6,11-12H,1-3,7-10H2,(H,23,26)(H2,19,20,21,22). The number of carbonyl (C=O) groups is 1. The van der Waals surface area contributed by atoms with Gasteiger partial charge in [-0.3, -0.25) is 30.7 Å². The molecule has 3 rings (SSSR count). The van der Waals surface area contributed by atoms with E-state index in [1.165, 1.54) is 31.8 Å². The van der Waals surface area contributed by atoms with Crippen molar-refractivity contribution >= 4 is 23.2 Å². The number of piperidine rings is 1. The van der Waals surface area contributed by atoms with Gasteiger partial charge in [0.25, 0.3) is 5.91 Å². The summed E-state index contributed by atoms with van der Waals surface area (Å²) in [7, 11) is 0. The maximum Gasteiger partial charge on any atom is 0.354 e. The number of hydrazine groups is 1. The number of hydrogen-bond acceptors (Lipinski definition) is 9. The fourth-order valence-electron chi connectivity index (χ4n) is 2.97. The first kappa shape index (κ1) is 19.4. The Hall–Kier alpha value is -3.34. The molecule has 3 heterocycles. The minimum atomic E-state index is -0.582. The number of nitrogens with one attached hydrogen (secondary N) is 3. The highest BCUT2D eigenvalue weighted by molar-refractivity contribution is 5.94. The molecule has 0 saturated carbocycles. The number of anilines is 2. The van der Waals surface area contributed by atoms with Crippen LogP contribution in [-0.4, -0.2) is 56.9 Å². The van der Waals surface area contributed by atoms with Crippen molar-refractivity contribution < 1.29 is 9.72 Å². The molecule has 0 aliphatic carbocycles. The van der Waals surface area contributed by atoms with Gasteiger partial charge in [-0.2, -0.15) is 0 Å². The summed E-state index contributed by atoms with van der Waals surface area (Å²) in [4.78, 5) is 37.1. The third-order valence-electron chi connectivity index (χ3n) is 4.39. The molecule has 1 fully saturated rings. The van der Waals surface area contributed by atoms with Gasteiger partial charge in [0.2, 0.25) is 11.6 Å². The molecule has 1 aliphatic heterocycles. The summed E-state index contributed by atoms with van der Waals surface area (Å²) in [5, 5.41) is 14.5. The van der Waals surface area contributed by atoms with E-state index in [1.54, 1.807) is 18.3 Å². The van der Waals surface area contributed by atoms with E-state index in [2.05, 4.69) is 36.0 Å². The van der Waals surface area contributed by atoms with Crippen LogP contribution in [0.2, 0.25) is 0 Å². The van der Waals surface area contributed by atoms with Crippen LogP contribution < -0.4 is 16.2 Å². The maximum atomic E-state index is 12.1. The Kier molecular flexibility index (Phi) is 6.63. The first-order valence-electron chi connectivity index (χ1n) is 9.07. The van der Waals surface area contributed by atoms with Gasteiger partial charge in [-0.05, 0) is 38.1 Å². The zero-order valence-electron chi connectivity index (χ0n) is 15.3. The number of nitrogens with zero attached hydrogens (tertiary/aromatic N) is 5. The maximum absolute atomic E-state index is 12.1. The molecule has 28 heavy (non-hydrogen) atoms. The monoisotopic (exact) mass is 386 g/mol. The lowest BCUT2D eigenvalue weighted by molar-refractivity contribution is -0.383. The van der Waals surface area contributed by atoms with E-state index in [1.807, 2.05) is 0 Å². The largest absolute Gasteiger partial charge is 0.363 e. The van der Waals surface area contributed by atoms with E-state index in [9.17, 15) is 14.9 Å². The normalized spacial score (nSPS) is 14.3. The highest BCUT2D eigenvalue weighted by atomic mass is 16.6. The molecule has 1 aliphatic rings. The molecule has 11 nitrogen and oxygen atoms in total. The molecule has 1 saturated heterocycles. The van der Waals surface area contributed by atoms with Crippen molar-refractivity contribution in [2.45, 2.75) is 19.3 Å². The van der Waals surface area contributed by atoms with Gasteiger partial charge in [-0.25, -0.2) is 9.97 Å². The topological polar surface area (TPSA) is 138 Å². The first-order chi connectivity index (χ1) is 13.6. The van der Waals surface area contributed by atoms with Gasteiger partial charge in [0.1, 0.15) is 6.33 Å². The van der Waals surface area contributed by atoms with E-state index in [0.717, 1.165) is 19.6 Å². The molecule has 1 amide bonds. The first-order valence-corrected chi connectivity index (χ1v) is 9.07. The van der Waals surface area contributed by atoms with Gasteiger partial charge in [0.15, 0.2) is 0 Å². The summed E-state index contributed by atoms with van der Waals surface area (Å²) < 4.78 is 0. The van der Waals surface area contributed by atoms with Gasteiger partial charge < -0.3 is 10.2 Å². The minimum Gasteiger partial charge on any atom is -0.363 e. The Labute approximate surface area is 161 Å². The highest BCUT2D eigenvalue weighted by Gasteiger charge is 2.23. The molecule has 2 aromatic rings. The number of rotatable bonds is 8. The van der Waals surface area contributed by atoms with E-state index >= 15 is 0 Å². The van der Waals surface area contributed by atoms with Crippen LogP contribution in [0.25, 0.3) is 0 Å². The zero-order valence-corrected chi connectivity index (χ0v) is 15.3. The molecule has 0 atom stereocenters. The molecule has 148 valence electrons. The second-order valence-electron chi connectivity index (χ2n) is 6.33. The predicted molar refractivity (Wildman–Crippen MR) is 103 cm³/mol. The molecule has 0 radical (unpaired) electrons. The molecule has 0 bridgehead atoms. The van der Waals surface area contributed by atoms with E-state index in [4.69, 9.17) is 0 Å². The Morgan fingerprint density at radius 2 is 2.00 bits per heavy atom. The van der Waals surface area contributed by atoms with Crippen LogP contribution in [0, 0.1) is 10.1 Å². The third-order valence-corrected chi connectivity index (χ3v) is 4.39. The van der Waals surface area contributed by atoms with Crippen molar-refractivity contribution in [3.05, 3.63) is 46.5 Å². The van der Waals surface area contributed by atoms with E-state index in [-0.39, 0.29) is 17.3 Å². The quantitative estimate of drug-likeness (QED) is 0.454. The highest BCUT2D eigenvalue weighted by Crippen LogP contribution is 2.28. The summed E-state index contributed by atoms with van der Waals surface area (Å²) in [6.45, 7) is 3.39. The number of aromatic nitrogens is 3. The van der Waals surface area contributed by atoms with Gasteiger partial charge in [0.05, 0.1) is 10.5 Å². The molecular weight excluding hydrogens is 364 g/mol. The van der Waals surface area contributed by atoms with Crippen molar-refractivity contribution in [3.8, 4) is 0 Å². The van der Waals surface area contributed by atoms with Crippen LogP contribution in [0.3, 0.4) is 0 Å². The van der Waals surface area contributed by atoms with Crippen molar-refractivity contribution in [2.75, 3.05) is 36.9 Å². The van der Waals surface area contributed by atoms with Crippen LogP contribution in [-0.2, 0) is 0 Å². The number of carbonyl (C=O) groups excluding carboxylic acids is 1.